The van der Waals surface area contributed by atoms with Crippen LogP contribution >= 0.6 is 0 Å². The number of hydrogen-bond acceptors (Lipinski definition) is 4. The Hall–Kier alpha value is -2.42. The molecule has 2 N–H and O–H groups in total. The van der Waals surface area contributed by atoms with Crippen LogP contribution in [0.2, 0.25) is 0 Å². The summed E-state index contributed by atoms with van der Waals surface area (Å²) in [7, 11) is -3.22. The van der Waals surface area contributed by atoms with E-state index in [1.54, 1.807) is 0 Å². The third kappa shape index (κ3) is 7.84. The van der Waals surface area contributed by atoms with Crippen LogP contribution in [0.5, 0.6) is 0 Å². The van der Waals surface area contributed by atoms with E-state index in [0.29, 0.717) is 30.2 Å². The summed E-state index contributed by atoms with van der Waals surface area (Å²) in [5, 5.41) is 10.9. The second-order valence-corrected chi connectivity index (χ2v) is 9.25. The van der Waals surface area contributed by atoms with E-state index < -0.39 is 15.7 Å². The van der Waals surface area contributed by atoms with Gasteiger partial charge < -0.3 is 10.6 Å². The van der Waals surface area contributed by atoms with Gasteiger partial charge in [-0.25, -0.2) is 17.8 Å². The number of aryl methyl sites for hydroxylation is 3. The molecule has 9 heteroatoms. The van der Waals surface area contributed by atoms with Crippen molar-refractivity contribution < 1.29 is 12.8 Å². The molecule has 160 valence electrons. The van der Waals surface area contributed by atoms with E-state index in [2.05, 4.69) is 20.7 Å². The molecule has 2 aromatic rings. The Morgan fingerprint density at radius 2 is 1.97 bits per heavy atom. The predicted octanol–water partition coefficient (Wildman–Crippen LogP) is 2.33. The van der Waals surface area contributed by atoms with Gasteiger partial charge in [-0.3, -0.25) is 4.68 Å². The highest BCUT2D eigenvalue weighted by molar-refractivity contribution is 7.89. The molecule has 0 amide bonds. The van der Waals surface area contributed by atoms with Gasteiger partial charge in [0.15, 0.2) is 15.8 Å². The Balaban J connectivity index is 1.99. The Labute approximate surface area is 172 Å². The zero-order valence-corrected chi connectivity index (χ0v) is 18.3. The normalized spacial score (nSPS) is 12.2. The van der Waals surface area contributed by atoms with Crippen molar-refractivity contribution in [2.24, 2.45) is 4.99 Å². The molecule has 0 unspecified atom stereocenters. The number of rotatable bonds is 9. The Bertz CT molecular complexity index is 954. The predicted molar refractivity (Wildman–Crippen MR) is 114 cm³/mol. The van der Waals surface area contributed by atoms with Crippen LogP contribution in [0.15, 0.2) is 29.3 Å². The lowest BCUT2D eigenvalue weighted by Crippen LogP contribution is -2.38. The fourth-order valence-corrected chi connectivity index (χ4v) is 3.85. The average molecular weight is 424 g/mol. The standard InChI is InChI=1S/C20H30FN5O2S/c1-5-22-20(23-9-6-10-26-16(3)11-15(2)25-26)24-13-18-12-19(21)8-7-17(18)14-29(4,27)28/h7-8,11-12H,5-6,9-10,13-14H2,1-4H3,(H2,22,23,24). The van der Waals surface area contributed by atoms with E-state index in [4.69, 9.17) is 0 Å². The number of guanidine groups is 1. The third-order valence-electron chi connectivity index (χ3n) is 4.28. The van der Waals surface area contributed by atoms with Gasteiger partial charge in [-0.2, -0.15) is 5.10 Å². The van der Waals surface area contributed by atoms with Crippen LogP contribution in [0.3, 0.4) is 0 Å². The minimum atomic E-state index is -3.22. The molecule has 0 aliphatic heterocycles. The number of hydrogen-bond donors (Lipinski definition) is 2. The monoisotopic (exact) mass is 423 g/mol. The molecule has 0 aliphatic rings. The molecule has 0 fully saturated rings. The molecule has 0 spiro atoms. The summed E-state index contributed by atoms with van der Waals surface area (Å²) < 4.78 is 38.9. The van der Waals surface area contributed by atoms with Crippen molar-refractivity contribution in [3.05, 3.63) is 52.6 Å². The van der Waals surface area contributed by atoms with Crippen molar-refractivity contribution in [2.45, 2.75) is 46.0 Å². The maximum absolute atomic E-state index is 13.7. The fourth-order valence-electron chi connectivity index (χ4n) is 3.01. The first-order valence-corrected chi connectivity index (χ1v) is 11.7. The highest BCUT2D eigenvalue weighted by Crippen LogP contribution is 2.15. The van der Waals surface area contributed by atoms with Gasteiger partial charge in [0.2, 0.25) is 0 Å². The molecule has 1 aromatic heterocycles. The van der Waals surface area contributed by atoms with Gasteiger partial charge in [0.05, 0.1) is 18.0 Å². The second-order valence-electron chi connectivity index (χ2n) is 7.11. The lowest BCUT2D eigenvalue weighted by atomic mass is 10.1. The van der Waals surface area contributed by atoms with Crippen molar-refractivity contribution in [1.82, 2.24) is 20.4 Å². The first-order valence-electron chi connectivity index (χ1n) is 9.66. The van der Waals surface area contributed by atoms with Gasteiger partial charge in [0.25, 0.3) is 0 Å². The third-order valence-corrected chi connectivity index (χ3v) is 5.12. The molecule has 29 heavy (non-hydrogen) atoms. The Kier molecular flexibility index (Phi) is 8.19. The van der Waals surface area contributed by atoms with E-state index in [9.17, 15) is 12.8 Å². The first kappa shape index (κ1) is 22.9. The maximum atomic E-state index is 13.7. The number of aromatic nitrogens is 2. The summed E-state index contributed by atoms with van der Waals surface area (Å²) >= 11 is 0. The summed E-state index contributed by atoms with van der Waals surface area (Å²) in [5.74, 6) is 0.0656. The number of sulfone groups is 1. The minimum absolute atomic E-state index is 0.134. The molecular formula is C20H30FN5O2S. The minimum Gasteiger partial charge on any atom is -0.357 e. The van der Waals surface area contributed by atoms with Crippen molar-refractivity contribution in [3.63, 3.8) is 0 Å². The smallest absolute Gasteiger partial charge is 0.191 e. The van der Waals surface area contributed by atoms with Gasteiger partial charge in [0.1, 0.15) is 5.82 Å². The topological polar surface area (TPSA) is 88.4 Å². The number of nitrogens with zero attached hydrogens (tertiary/aromatic N) is 3. The SMILES string of the molecule is CCNC(=NCc1cc(F)ccc1CS(C)(=O)=O)NCCCn1nc(C)cc1C. The van der Waals surface area contributed by atoms with Gasteiger partial charge in [-0.05, 0) is 56.5 Å². The van der Waals surface area contributed by atoms with Gasteiger partial charge >= 0.3 is 0 Å². The summed E-state index contributed by atoms with van der Waals surface area (Å²) in [5.41, 5.74) is 3.27. The molecular weight excluding hydrogens is 393 g/mol. The average Bonchev–Trinajstić information content (AvgIpc) is 2.94. The summed E-state index contributed by atoms with van der Waals surface area (Å²) in [6.07, 6.45) is 2.03. The molecule has 0 atom stereocenters. The number of nitrogens with one attached hydrogen (secondary N) is 2. The highest BCUT2D eigenvalue weighted by Gasteiger charge is 2.11. The number of aliphatic imine (C=N–C) groups is 1. The van der Waals surface area contributed by atoms with Crippen molar-refractivity contribution in [2.75, 3.05) is 19.3 Å². The fraction of sp³-hybridized carbons (Fsp3) is 0.500. The molecule has 2 rings (SSSR count). The van der Waals surface area contributed by atoms with Crippen LogP contribution in [-0.4, -0.2) is 43.5 Å². The largest absolute Gasteiger partial charge is 0.357 e. The zero-order chi connectivity index (χ0) is 21.4. The maximum Gasteiger partial charge on any atom is 0.191 e. The molecule has 0 saturated heterocycles. The van der Waals surface area contributed by atoms with Gasteiger partial charge in [0, 0.05) is 31.6 Å². The molecule has 0 radical (unpaired) electrons. The van der Waals surface area contributed by atoms with Gasteiger partial charge in [-0.15, -0.1) is 0 Å². The Morgan fingerprint density at radius 1 is 1.21 bits per heavy atom. The van der Waals surface area contributed by atoms with Crippen LogP contribution in [0.25, 0.3) is 0 Å². The molecule has 0 bridgehead atoms. The van der Waals surface area contributed by atoms with E-state index >= 15 is 0 Å². The molecule has 0 saturated carbocycles. The molecule has 1 aromatic carbocycles. The zero-order valence-electron chi connectivity index (χ0n) is 17.5. The second kappa shape index (κ2) is 10.4. The van der Waals surface area contributed by atoms with Gasteiger partial charge in [-0.1, -0.05) is 6.07 Å². The molecule has 0 aliphatic carbocycles. The van der Waals surface area contributed by atoms with E-state index in [-0.39, 0.29) is 12.3 Å². The van der Waals surface area contributed by atoms with Crippen LogP contribution in [0.1, 0.15) is 35.9 Å². The van der Waals surface area contributed by atoms with Crippen LogP contribution in [-0.2, 0) is 28.7 Å². The van der Waals surface area contributed by atoms with E-state index in [1.807, 2.05) is 31.5 Å². The lowest BCUT2D eigenvalue weighted by molar-refractivity contribution is 0.555. The lowest BCUT2D eigenvalue weighted by Gasteiger charge is -2.13. The van der Waals surface area contributed by atoms with E-state index in [0.717, 1.165) is 30.6 Å². The quantitative estimate of drug-likeness (QED) is 0.367. The molecule has 7 nitrogen and oxygen atoms in total. The van der Waals surface area contributed by atoms with Crippen LogP contribution in [0.4, 0.5) is 4.39 Å². The van der Waals surface area contributed by atoms with Crippen molar-refractivity contribution in [3.8, 4) is 0 Å². The summed E-state index contributed by atoms with van der Waals surface area (Å²) in [4.78, 5) is 4.49. The number of benzene rings is 1. The summed E-state index contributed by atoms with van der Waals surface area (Å²) in [6, 6.07) is 6.18. The van der Waals surface area contributed by atoms with Crippen LogP contribution in [0, 0.1) is 19.7 Å². The van der Waals surface area contributed by atoms with Crippen molar-refractivity contribution in [1.29, 1.82) is 0 Å². The highest BCUT2D eigenvalue weighted by atomic mass is 32.2. The first-order chi connectivity index (χ1) is 13.7. The summed E-state index contributed by atoms with van der Waals surface area (Å²) in [6.45, 7) is 8.34. The molecule has 1 heterocycles. The number of halogens is 1. The van der Waals surface area contributed by atoms with E-state index in [1.165, 1.54) is 18.2 Å². The van der Waals surface area contributed by atoms with Crippen LogP contribution < -0.4 is 10.6 Å². The Morgan fingerprint density at radius 3 is 2.59 bits per heavy atom. The van der Waals surface area contributed by atoms with Crippen molar-refractivity contribution >= 4 is 15.8 Å².